The Hall–Kier alpha value is -0.990. The molecule has 0 saturated carbocycles. The maximum Gasteiger partial charge on any atom is 0.137 e. The maximum atomic E-state index is 6.18. The SMILES string of the molecule is CCCCCCCCc1cc(-c2c(Cl)cccc2Cl)no1. The molecule has 0 aliphatic rings. The summed E-state index contributed by atoms with van der Waals surface area (Å²) in [5.41, 5.74) is 1.46. The molecule has 1 aromatic carbocycles. The Morgan fingerprint density at radius 1 is 1.00 bits per heavy atom. The lowest BCUT2D eigenvalue weighted by molar-refractivity contribution is 0.380. The minimum atomic E-state index is 0.599. The number of rotatable bonds is 8. The van der Waals surface area contributed by atoms with Crippen molar-refractivity contribution >= 4 is 23.2 Å². The van der Waals surface area contributed by atoms with E-state index in [1.54, 1.807) is 0 Å². The summed E-state index contributed by atoms with van der Waals surface area (Å²) in [4.78, 5) is 0. The Kier molecular flexibility index (Phi) is 6.59. The fourth-order valence-electron chi connectivity index (χ4n) is 2.37. The average molecular weight is 326 g/mol. The summed E-state index contributed by atoms with van der Waals surface area (Å²) in [6.45, 7) is 2.23. The van der Waals surface area contributed by atoms with Crippen molar-refractivity contribution in [1.29, 1.82) is 0 Å². The number of hydrogen-bond acceptors (Lipinski definition) is 2. The van der Waals surface area contributed by atoms with Crippen molar-refractivity contribution < 1.29 is 4.52 Å². The Labute approximate surface area is 136 Å². The first-order valence-electron chi connectivity index (χ1n) is 7.62. The molecular weight excluding hydrogens is 305 g/mol. The van der Waals surface area contributed by atoms with E-state index in [9.17, 15) is 0 Å². The third-order valence-electron chi connectivity index (χ3n) is 3.55. The molecule has 0 amide bonds. The van der Waals surface area contributed by atoms with Crippen LogP contribution >= 0.6 is 23.2 Å². The molecular formula is C17H21Cl2NO. The summed E-state index contributed by atoms with van der Waals surface area (Å²) >= 11 is 12.4. The second kappa shape index (κ2) is 8.45. The van der Waals surface area contributed by atoms with Gasteiger partial charge in [-0.2, -0.15) is 0 Å². The van der Waals surface area contributed by atoms with Crippen molar-refractivity contribution in [3.63, 3.8) is 0 Å². The zero-order valence-corrected chi connectivity index (χ0v) is 13.9. The predicted octanol–water partition coefficient (Wildman–Crippen LogP) is 6.55. The largest absolute Gasteiger partial charge is 0.361 e. The average Bonchev–Trinajstić information content (AvgIpc) is 2.91. The number of nitrogens with zero attached hydrogens (tertiary/aromatic N) is 1. The normalized spacial score (nSPS) is 11.0. The molecule has 2 aromatic rings. The van der Waals surface area contributed by atoms with Gasteiger partial charge in [-0.3, -0.25) is 0 Å². The Morgan fingerprint density at radius 2 is 1.67 bits per heavy atom. The second-order valence-electron chi connectivity index (χ2n) is 5.29. The number of unbranched alkanes of at least 4 members (excludes halogenated alkanes) is 5. The van der Waals surface area contributed by atoms with Gasteiger partial charge in [-0.05, 0) is 18.6 Å². The highest BCUT2D eigenvalue weighted by Crippen LogP contribution is 2.34. The van der Waals surface area contributed by atoms with E-state index in [0.29, 0.717) is 15.7 Å². The van der Waals surface area contributed by atoms with Crippen LogP contribution in [0.4, 0.5) is 0 Å². The standard InChI is InChI=1S/C17H21Cl2NO/c1-2-3-4-5-6-7-9-13-12-16(20-21-13)17-14(18)10-8-11-15(17)19/h8,10-12H,2-7,9H2,1H3. The van der Waals surface area contributed by atoms with E-state index in [1.165, 1.54) is 32.1 Å². The molecule has 0 N–H and O–H groups in total. The van der Waals surface area contributed by atoms with Crippen LogP contribution in [0.25, 0.3) is 11.3 Å². The molecule has 0 fully saturated rings. The van der Waals surface area contributed by atoms with Gasteiger partial charge in [-0.25, -0.2) is 0 Å². The van der Waals surface area contributed by atoms with E-state index in [0.717, 1.165) is 24.2 Å². The maximum absolute atomic E-state index is 6.18. The van der Waals surface area contributed by atoms with Crippen LogP contribution in [0.1, 0.15) is 51.2 Å². The van der Waals surface area contributed by atoms with Gasteiger partial charge in [0.15, 0.2) is 0 Å². The van der Waals surface area contributed by atoms with Gasteiger partial charge in [0.2, 0.25) is 0 Å². The summed E-state index contributed by atoms with van der Waals surface area (Å²) in [6.07, 6.45) is 8.53. The number of aryl methyl sites for hydroxylation is 1. The predicted molar refractivity (Wildman–Crippen MR) is 89.0 cm³/mol. The molecule has 114 valence electrons. The van der Waals surface area contributed by atoms with E-state index in [4.69, 9.17) is 27.7 Å². The molecule has 0 unspecified atom stereocenters. The first-order chi connectivity index (χ1) is 10.2. The van der Waals surface area contributed by atoms with Gasteiger partial charge in [0.1, 0.15) is 11.5 Å². The van der Waals surface area contributed by atoms with Crippen LogP contribution in [0.5, 0.6) is 0 Å². The summed E-state index contributed by atoms with van der Waals surface area (Å²) in [7, 11) is 0. The van der Waals surface area contributed by atoms with Gasteiger partial charge in [-0.15, -0.1) is 0 Å². The molecule has 2 rings (SSSR count). The van der Waals surface area contributed by atoms with Crippen LogP contribution in [0.15, 0.2) is 28.8 Å². The molecule has 4 heteroatoms. The summed E-state index contributed by atoms with van der Waals surface area (Å²) in [5, 5.41) is 5.29. The van der Waals surface area contributed by atoms with Gasteiger partial charge in [0, 0.05) is 18.1 Å². The van der Waals surface area contributed by atoms with Gasteiger partial charge in [0.25, 0.3) is 0 Å². The third kappa shape index (κ3) is 4.76. The van der Waals surface area contributed by atoms with Gasteiger partial charge in [0.05, 0.1) is 10.0 Å². The summed E-state index contributed by atoms with van der Waals surface area (Å²) in [5.74, 6) is 0.900. The van der Waals surface area contributed by atoms with Crippen LogP contribution in [-0.4, -0.2) is 5.16 Å². The molecule has 1 aromatic heterocycles. The van der Waals surface area contributed by atoms with E-state index in [-0.39, 0.29) is 0 Å². The van der Waals surface area contributed by atoms with Crippen molar-refractivity contribution in [1.82, 2.24) is 5.16 Å². The Balaban J connectivity index is 1.90. The second-order valence-corrected chi connectivity index (χ2v) is 6.11. The minimum absolute atomic E-state index is 0.599. The fourth-order valence-corrected chi connectivity index (χ4v) is 2.96. The van der Waals surface area contributed by atoms with Crippen molar-refractivity contribution in [3.8, 4) is 11.3 Å². The van der Waals surface area contributed by atoms with Crippen molar-refractivity contribution in [2.24, 2.45) is 0 Å². The van der Waals surface area contributed by atoms with E-state index >= 15 is 0 Å². The van der Waals surface area contributed by atoms with Crippen LogP contribution in [0.3, 0.4) is 0 Å². The monoisotopic (exact) mass is 325 g/mol. The first kappa shape index (κ1) is 16.4. The molecule has 0 atom stereocenters. The Bertz CT molecular complexity index is 545. The molecule has 0 radical (unpaired) electrons. The molecule has 0 spiro atoms. The Morgan fingerprint density at radius 3 is 2.38 bits per heavy atom. The number of benzene rings is 1. The van der Waals surface area contributed by atoms with Crippen LogP contribution in [-0.2, 0) is 6.42 Å². The third-order valence-corrected chi connectivity index (χ3v) is 4.18. The smallest absolute Gasteiger partial charge is 0.137 e. The van der Waals surface area contributed by atoms with Crippen molar-refractivity contribution in [3.05, 3.63) is 40.1 Å². The van der Waals surface area contributed by atoms with Gasteiger partial charge in [-0.1, -0.05) is 73.5 Å². The van der Waals surface area contributed by atoms with E-state index in [2.05, 4.69) is 12.1 Å². The van der Waals surface area contributed by atoms with Crippen LogP contribution in [0.2, 0.25) is 10.0 Å². The zero-order chi connectivity index (χ0) is 15.1. The summed E-state index contributed by atoms with van der Waals surface area (Å²) < 4.78 is 5.39. The fraction of sp³-hybridized carbons (Fsp3) is 0.471. The lowest BCUT2D eigenvalue weighted by Crippen LogP contribution is -1.84. The number of halogens is 2. The molecule has 0 aliphatic heterocycles. The number of hydrogen-bond donors (Lipinski definition) is 0. The van der Waals surface area contributed by atoms with Crippen LogP contribution < -0.4 is 0 Å². The minimum Gasteiger partial charge on any atom is -0.361 e. The molecule has 0 aliphatic carbocycles. The quantitative estimate of drug-likeness (QED) is 0.514. The highest BCUT2D eigenvalue weighted by molar-refractivity contribution is 6.39. The van der Waals surface area contributed by atoms with Crippen molar-refractivity contribution in [2.45, 2.75) is 51.9 Å². The lowest BCUT2D eigenvalue weighted by atomic mass is 10.1. The van der Waals surface area contributed by atoms with Crippen LogP contribution in [0, 0.1) is 0 Å². The van der Waals surface area contributed by atoms with Crippen molar-refractivity contribution in [2.75, 3.05) is 0 Å². The van der Waals surface area contributed by atoms with Gasteiger partial charge < -0.3 is 4.52 Å². The molecule has 21 heavy (non-hydrogen) atoms. The van der Waals surface area contributed by atoms with E-state index in [1.807, 2.05) is 24.3 Å². The topological polar surface area (TPSA) is 26.0 Å². The zero-order valence-electron chi connectivity index (χ0n) is 12.4. The highest BCUT2D eigenvalue weighted by atomic mass is 35.5. The number of aromatic nitrogens is 1. The summed E-state index contributed by atoms with van der Waals surface area (Å²) in [6, 6.07) is 7.39. The lowest BCUT2D eigenvalue weighted by Gasteiger charge is -2.01. The molecule has 0 bridgehead atoms. The molecule has 0 saturated heterocycles. The molecule has 2 nitrogen and oxygen atoms in total. The highest BCUT2D eigenvalue weighted by Gasteiger charge is 2.13. The van der Waals surface area contributed by atoms with E-state index < -0.39 is 0 Å². The van der Waals surface area contributed by atoms with Gasteiger partial charge >= 0.3 is 0 Å². The molecule has 1 heterocycles. The first-order valence-corrected chi connectivity index (χ1v) is 8.38.